The summed E-state index contributed by atoms with van der Waals surface area (Å²) < 4.78 is 26.5. The summed E-state index contributed by atoms with van der Waals surface area (Å²) in [5.74, 6) is -0.260. The summed E-state index contributed by atoms with van der Waals surface area (Å²) >= 11 is 0. The maximum Gasteiger partial charge on any atom is 0.272 e. The molecular weight excluding hydrogens is 340 g/mol. The lowest BCUT2D eigenvalue weighted by atomic mass is 10.2. The highest BCUT2D eigenvalue weighted by molar-refractivity contribution is 7.89. The molecule has 1 aromatic carbocycles. The van der Waals surface area contributed by atoms with E-state index in [1.165, 1.54) is 4.31 Å². The first-order chi connectivity index (χ1) is 12.0. The lowest BCUT2D eigenvalue weighted by molar-refractivity contribution is 0.0946. The highest BCUT2D eigenvalue weighted by Crippen LogP contribution is 2.21. The molecule has 3 rings (SSSR count). The zero-order valence-corrected chi connectivity index (χ0v) is 15.0. The fourth-order valence-corrected chi connectivity index (χ4v) is 4.31. The van der Waals surface area contributed by atoms with Gasteiger partial charge in [-0.05, 0) is 43.0 Å². The highest BCUT2D eigenvalue weighted by Gasteiger charge is 2.26. The molecule has 1 aromatic heterocycles. The SMILES string of the molecule is CCc1cc(C(=O)NCc2ccc(S(=O)(=O)N3CCCC3)cc2)n[nH]1. The topological polar surface area (TPSA) is 95.2 Å². The fraction of sp³-hybridized carbons (Fsp3) is 0.412. The summed E-state index contributed by atoms with van der Waals surface area (Å²) in [6, 6.07) is 8.37. The van der Waals surface area contributed by atoms with Crippen LogP contribution in [-0.2, 0) is 23.0 Å². The summed E-state index contributed by atoms with van der Waals surface area (Å²) in [6.45, 7) is 3.47. The highest BCUT2D eigenvalue weighted by atomic mass is 32.2. The number of carbonyl (C=O) groups is 1. The quantitative estimate of drug-likeness (QED) is 0.817. The summed E-state index contributed by atoms with van der Waals surface area (Å²) in [4.78, 5) is 12.3. The van der Waals surface area contributed by atoms with Gasteiger partial charge in [-0.15, -0.1) is 0 Å². The second-order valence-electron chi connectivity index (χ2n) is 6.07. The first-order valence-corrected chi connectivity index (χ1v) is 9.86. The standard InChI is InChI=1S/C17H22N4O3S/c1-2-14-11-16(20-19-14)17(22)18-12-13-5-7-15(8-6-13)25(23,24)21-9-3-4-10-21/h5-8,11H,2-4,9-10,12H2,1H3,(H,18,22)(H,19,20). The van der Waals surface area contributed by atoms with E-state index in [-0.39, 0.29) is 5.91 Å². The van der Waals surface area contributed by atoms with Crippen molar-refractivity contribution < 1.29 is 13.2 Å². The minimum atomic E-state index is -3.40. The number of nitrogens with one attached hydrogen (secondary N) is 2. The van der Waals surface area contributed by atoms with Crippen LogP contribution in [0, 0.1) is 0 Å². The van der Waals surface area contributed by atoms with Crippen LogP contribution in [0.2, 0.25) is 0 Å². The number of hydrogen-bond donors (Lipinski definition) is 2. The Balaban J connectivity index is 1.61. The van der Waals surface area contributed by atoms with Gasteiger partial charge in [0.25, 0.3) is 5.91 Å². The number of aromatic nitrogens is 2. The lowest BCUT2D eigenvalue weighted by Gasteiger charge is -2.15. The molecule has 1 aliphatic rings. The van der Waals surface area contributed by atoms with Crippen molar-refractivity contribution >= 4 is 15.9 Å². The number of aryl methyl sites for hydroxylation is 1. The van der Waals surface area contributed by atoms with Crippen LogP contribution in [0.5, 0.6) is 0 Å². The van der Waals surface area contributed by atoms with Gasteiger partial charge in [-0.1, -0.05) is 19.1 Å². The monoisotopic (exact) mass is 362 g/mol. The van der Waals surface area contributed by atoms with E-state index in [0.717, 1.165) is 30.5 Å². The van der Waals surface area contributed by atoms with E-state index in [4.69, 9.17) is 0 Å². The van der Waals surface area contributed by atoms with Crippen LogP contribution in [0.3, 0.4) is 0 Å². The van der Waals surface area contributed by atoms with Gasteiger partial charge in [0, 0.05) is 25.3 Å². The zero-order chi connectivity index (χ0) is 17.9. The van der Waals surface area contributed by atoms with Gasteiger partial charge >= 0.3 is 0 Å². The van der Waals surface area contributed by atoms with Gasteiger partial charge < -0.3 is 5.32 Å². The molecule has 0 saturated carbocycles. The molecule has 2 N–H and O–H groups in total. The Bertz CT molecular complexity index is 837. The van der Waals surface area contributed by atoms with Gasteiger partial charge in [-0.2, -0.15) is 9.40 Å². The average Bonchev–Trinajstić information content (AvgIpc) is 3.31. The smallest absolute Gasteiger partial charge is 0.272 e. The van der Waals surface area contributed by atoms with Crippen LogP contribution in [-0.4, -0.2) is 41.9 Å². The lowest BCUT2D eigenvalue weighted by Crippen LogP contribution is -2.28. The molecule has 0 unspecified atom stereocenters. The molecule has 1 amide bonds. The van der Waals surface area contributed by atoms with Crippen LogP contribution in [0.15, 0.2) is 35.2 Å². The Morgan fingerprint density at radius 2 is 1.92 bits per heavy atom. The van der Waals surface area contributed by atoms with E-state index in [1.807, 2.05) is 6.92 Å². The zero-order valence-electron chi connectivity index (χ0n) is 14.2. The minimum absolute atomic E-state index is 0.260. The molecule has 1 fully saturated rings. The van der Waals surface area contributed by atoms with Gasteiger partial charge in [-0.25, -0.2) is 8.42 Å². The van der Waals surface area contributed by atoms with E-state index in [1.54, 1.807) is 30.3 Å². The van der Waals surface area contributed by atoms with Crippen LogP contribution in [0.1, 0.15) is 41.5 Å². The molecule has 7 nitrogen and oxygen atoms in total. The minimum Gasteiger partial charge on any atom is -0.347 e. The molecule has 2 aromatic rings. The Kier molecular flexibility index (Phi) is 5.19. The summed E-state index contributed by atoms with van der Waals surface area (Å²) in [6.07, 6.45) is 2.61. The maximum absolute atomic E-state index is 12.5. The Morgan fingerprint density at radius 3 is 2.52 bits per heavy atom. The summed E-state index contributed by atoms with van der Waals surface area (Å²) in [5.41, 5.74) is 2.09. The second kappa shape index (κ2) is 7.37. The molecule has 1 aliphatic heterocycles. The number of carbonyl (C=O) groups excluding carboxylic acids is 1. The van der Waals surface area contributed by atoms with Crippen LogP contribution >= 0.6 is 0 Å². The van der Waals surface area contributed by atoms with Gasteiger partial charge in [0.05, 0.1) is 4.90 Å². The second-order valence-corrected chi connectivity index (χ2v) is 8.01. The van der Waals surface area contributed by atoms with Crippen molar-refractivity contribution in [3.8, 4) is 0 Å². The molecule has 2 heterocycles. The molecule has 25 heavy (non-hydrogen) atoms. The normalized spacial score (nSPS) is 15.4. The van der Waals surface area contributed by atoms with E-state index >= 15 is 0 Å². The van der Waals surface area contributed by atoms with Crippen LogP contribution in [0.25, 0.3) is 0 Å². The van der Waals surface area contributed by atoms with E-state index in [9.17, 15) is 13.2 Å². The Hall–Kier alpha value is -2.19. The number of benzene rings is 1. The molecular formula is C17H22N4O3S. The number of sulfonamides is 1. The van der Waals surface area contributed by atoms with E-state index in [2.05, 4.69) is 15.5 Å². The third-order valence-corrected chi connectivity index (χ3v) is 6.24. The third-order valence-electron chi connectivity index (χ3n) is 4.32. The average molecular weight is 362 g/mol. The summed E-state index contributed by atoms with van der Waals surface area (Å²) in [7, 11) is -3.40. The number of amides is 1. The number of aromatic amines is 1. The van der Waals surface area contributed by atoms with Crippen molar-refractivity contribution in [2.45, 2.75) is 37.6 Å². The van der Waals surface area contributed by atoms with Crippen molar-refractivity contribution in [2.24, 2.45) is 0 Å². The fourth-order valence-electron chi connectivity index (χ4n) is 2.79. The first-order valence-electron chi connectivity index (χ1n) is 8.42. The van der Waals surface area contributed by atoms with Crippen molar-refractivity contribution in [1.29, 1.82) is 0 Å². The first kappa shape index (κ1) is 17.6. The number of rotatable bonds is 6. The van der Waals surface area contributed by atoms with Crippen molar-refractivity contribution in [1.82, 2.24) is 19.8 Å². The molecule has 0 spiro atoms. The van der Waals surface area contributed by atoms with Crippen molar-refractivity contribution in [3.63, 3.8) is 0 Å². The number of H-pyrrole nitrogens is 1. The van der Waals surface area contributed by atoms with Crippen molar-refractivity contribution in [2.75, 3.05) is 13.1 Å². The largest absolute Gasteiger partial charge is 0.347 e. The van der Waals surface area contributed by atoms with Crippen LogP contribution < -0.4 is 5.32 Å². The summed E-state index contributed by atoms with van der Waals surface area (Å²) in [5, 5.41) is 9.56. The van der Waals surface area contributed by atoms with Gasteiger partial charge in [0.15, 0.2) is 0 Å². The van der Waals surface area contributed by atoms with Gasteiger partial charge in [0.1, 0.15) is 5.69 Å². The predicted molar refractivity (Wildman–Crippen MR) is 93.6 cm³/mol. The molecule has 0 radical (unpaired) electrons. The van der Waals surface area contributed by atoms with Gasteiger partial charge in [-0.3, -0.25) is 9.89 Å². The molecule has 0 aliphatic carbocycles. The Morgan fingerprint density at radius 1 is 1.24 bits per heavy atom. The molecule has 134 valence electrons. The van der Waals surface area contributed by atoms with Gasteiger partial charge in [0.2, 0.25) is 10.0 Å². The maximum atomic E-state index is 12.5. The molecule has 0 atom stereocenters. The van der Waals surface area contributed by atoms with Crippen molar-refractivity contribution in [3.05, 3.63) is 47.3 Å². The molecule has 8 heteroatoms. The third kappa shape index (κ3) is 3.91. The molecule has 0 bridgehead atoms. The van der Waals surface area contributed by atoms with Crippen LogP contribution in [0.4, 0.5) is 0 Å². The number of hydrogen-bond acceptors (Lipinski definition) is 4. The number of nitrogens with zero attached hydrogens (tertiary/aromatic N) is 2. The molecule has 1 saturated heterocycles. The predicted octanol–water partition coefficient (Wildman–Crippen LogP) is 1.69. The van der Waals surface area contributed by atoms with E-state index < -0.39 is 10.0 Å². The Labute approximate surface area is 147 Å². The van der Waals surface area contributed by atoms with E-state index in [0.29, 0.717) is 30.2 Å².